The lowest BCUT2D eigenvalue weighted by Crippen LogP contribution is -2.07. The molecule has 0 atom stereocenters. The quantitative estimate of drug-likeness (QED) is 0.550. The van der Waals surface area contributed by atoms with E-state index in [0.717, 1.165) is 48.3 Å². The number of esters is 1. The number of rotatable bonds is 7. The molecule has 0 unspecified atom stereocenters. The number of nitrogens with zero attached hydrogens (tertiary/aromatic N) is 2. The molecule has 0 aliphatic rings. The summed E-state index contributed by atoms with van der Waals surface area (Å²) in [4.78, 5) is 20.7. The Hall–Kier alpha value is -1.94. The van der Waals surface area contributed by atoms with Gasteiger partial charge in [-0.1, -0.05) is 44.0 Å². The highest BCUT2D eigenvalue weighted by molar-refractivity contribution is 6.30. The van der Waals surface area contributed by atoms with E-state index in [1.807, 2.05) is 12.1 Å². The highest BCUT2D eigenvalue weighted by Crippen LogP contribution is 2.21. The van der Waals surface area contributed by atoms with Crippen LogP contribution in [0.15, 0.2) is 24.3 Å². The van der Waals surface area contributed by atoms with Crippen LogP contribution in [0.25, 0.3) is 0 Å². The number of benzene rings is 1. The Labute approximate surface area is 148 Å². The minimum absolute atomic E-state index is 0.331. The number of hydrogen-bond donors (Lipinski definition) is 0. The maximum Gasteiger partial charge on any atom is 0.337 e. The van der Waals surface area contributed by atoms with Gasteiger partial charge in [-0.2, -0.15) is 0 Å². The lowest BCUT2D eigenvalue weighted by molar-refractivity contribution is 0.0600. The second kappa shape index (κ2) is 8.78. The lowest BCUT2D eigenvalue weighted by atomic mass is 10.0. The molecule has 5 heteroatoms. The van der Waals surface area contributed by atoms with Gasteiger partial charge < -0.3 is 4.74 Å². The topological polar surface area (TPSA) is 52.1 Å². The predicted octanol–water partition coefficient (Wildman–Crippen LogP) is 4.41. The molecule has 1 aromatic carbocycles. The average molecular weight is 347 g/mol. The first-order valence-electron chi connectivity index (χ1n) is 8.30. The number of hydrogen-bond acceptors (Lipinski definition) is 4. The Balaban J connectivity index is 2.26. The van der Waals surface area contributed by atoms with E-state index in [2.05, 4.69) is 18.8 Å². The van der Waals surface area contributed by atoms with E-state index in [4.69, 9.17) is 21.3 Å². The fraction of sp³-hybridized carbons (Fsp3) is 0.421. The number of ether oxygens (including phenoxy) is 1. The van der Waals surface area contributed by atoms with Crippen molar-refractivity contribution in [3.8, 4) is 0 Å². The molecule has 4 nitrogen and oxygen atoms in total. The molecule has 1 heterocycles. The van der Waals surface area contributed by atoms with Gasteiger partial charge in [0.15, 0.2) is 0 Å². The van der Waals surface area contributed by atoms with Crippen LogP contribution in [0, 0.1) is 0 Å². The zero-order valence-corrected chi connectivity index (χ0v) is 15.2. The number of carbonyl (C=O) groups is 1. The molecular formula is C19H23ClN2O2. The van der Waals surface area contributed by atoms with E-state index < -0.39 is 0 Å². The molecule has 1 aromatic heterocycles. The summed E-state index contributed by atoms with van der Waals surface area (Å²) < 4.78 is 4.72. The fourth-order valence-electron chi connectivity index (χ4n) is 2.56. The van der Waals surface area contributed by atoms with Crippen molar-refractivity contribution in [2.45, 2.75) is 46.0 Å². The summed E-state index contributed by atoms with van der Waals surface area (Å²) in [5, 5.41) is 0.555. The Bertz CT molecular complexity index is 699. The van der Waals surface area contributed by atoms with E-state index in [-0.39, 0.29) is 5.97 Å². The standard InChI is InChI=1S/C19H23ClN2O2/c1-4-6-7-17-21-16(15(5-2)18(20)22-17)12-13-8-10-14(11-9-13)19(23)24-3/h8-11H,4-7,12H2,1-3H3. The SMILES string of the molecule is CCCCc1nc(Cl)c(CC)c(Cc2ccc(C(=O)OC)cc2)n1. The summed E-state index contributed by atoms with van der Waals surface area (Å²) in [6.45, 7) is 4.20. The van der Waals surface area contributed by atoms with Gasteiger partial charge in [0.1, 0.15) is 11.0 Å². The first kappa shape index (κ1) is 18.4. The van der Waals surface area contributed by atoms with Gasteiger partial charge in [0.2, 0.25) is 0 Å². The van der Waals surface area contributed by atoms with Crippen molar-refractivity contribution in [3.63, 3.8) is 0 Å². The monoisotopic (exact) mass is 346 g/mol. The van der Waals surface area contributed by atoms with Crippen LogP contribution in [0.4, 0.5) is 0 Å². The minimum Gasteiger partial charge on any atom is -0.465 e. The minimum atomic E-state index is -0.331. The molecule has 24 heavy (non-hydrogen) atoms. The first-order valence-corrected chi connectivity index (χ1v) is 8.68. The lowest BCUT2D eigenvalue weighted by Gasteiger charge is -2.11. The van der Waals surface area contributed by atoms with E-state index in [9.17, 15) is 4.79 Å². The summed E-state index contributed by atoms with van der Waals surface area (Å²) >= 11 is 6.35. The highest BCUT2D eigenvalue weighted by atomic mass is 35.5. The summed E-state index contributed by atoms with van der Waals surface area (Å²) in [7, 11) is 1.38. The van der Waals surface area contributed by atoms with Gasteiger partial charge in [-0.3, -0.25) is 0 Å². The summed E-state index contributed by atoms with van der Waals surface area (Å²) in [5.74, 6) is 0.475. The molecule has 2 rings (SSSR count). The van der Waals surface area contributed by atoms with Crippen molar-refractivity contribution in [1.29, 1.82) is 0 Å². The molecule has 0 saturated heterocycles. The zero-order valence-electron chi connectivity index (χ0n) is 14.4. The van der Waals surface area contributed by atoms with E-state index in [1.54, 1.807) is 12.1 Å². The Kier molecular flexibility index (Phi) is 6.73. The van der Waals surface area contributed by atoms with Crippen molar-refractivity contribution in [1.82, 2.24) is 9.97 Å². The van der Waals surface area contributed by atoms with Gasteiger partial charge >= 0.3 is 5.97 Å². The molecule has 0 aliphatic heterocycles. The second-order valence-corrected chi connectivity index (χ2v) is 6.04. The van der Waals surface area contributed by atoms with Crippen LogP contribution >= 0.6 is 11.6 Å². The Morgan fingerprint density at radius 2 is 1.88 bits per heavy atom. The van der Waals surface area contributed by atoms with E-state index >= 15 is 0 Å². The van der Waals surface area contributed by atoms with Gasteiger partial charge in [-0.05, 0) is 30.5 Å². The molecule has 0 amide bonds. The molecular weight excluding hydrogens is 324 g/mol. The van der Waals surface area contributed by atoms with Crippen LogP contribution < -0.4 is 0 Å². The average Bonchev–Trinajstić information content (AvgIpc) is 2.60. The van der Waals surface area contributed by atoms with Gasteiger partial charge in [-0.25, -0.2) is 14.8 Å². The summed E-state index contributed by atoms with van der Waals surface area (Å²) in [6, 6.07) is 7.39. The maximum absolute atomic E-state index is 11.5. The summed E-state index contributed by atoms with van der Waals surface area (Å²) in [6.07, 6.45) is 4.46. The predicted molar refractivity (Wildman–Crippen MR) is 95.6 cm³/mol. The third-order valence-corrected chi connectivity index (χ3v) is 4.26. The Morgan fingerprint density at radius 1 is 1.17 bits per heavy atom. The smallest absolute Gasteiger partial charge is 0.337 e. The van der Waals surface area contributed by atoms with Crippen LogP contribution in [-0.4, -0.2) is 23.0 Å². The van der Waals surface area contributed by atoms with Crippen LogP contribution in [-0.2, 0) is 24.0 Å². The van der Waals surface area contributed by atoms with Crippen molar-refractivity contribution < 1.29 is 9.53 Å². The molecule has 0 aliphatic carbocycles. The highest BCUT2D eigenvalue weighted by Gasteiger charge is 2.13. The van der Waals surface area contributed by atoms with Crippen molar-refractivity contribution in [2.75, 3.05) is 7.11 Å². The van der Waals surface area contributed by atoms with Crippen LogP contribution in [0.3, 0.4) is 0 Å². The zero-order chi connectivity index (χ0) is 17.5. The Morgan fingerprint density at radius 3 is 2.46 bits per heavy atom. The number of unbranched alkanes of at least 4 members (excludes halogenated alkanes) is 1. The van der Waals surface area contributed by atoms with Crippen molar-refractivity contribution >= 4 is 17.6 Å². The second-order valence-electron chi connectivity index (χ2n) is 5.68. The van der Waals surface area contributed by atoms with Crippen LogP contribution in [0.1, 0.15) is 59.7 Å². The van der Waals surface area contributed by atoms with E-state index in [1.165, 1.54) is 7.11 Å². The molecule has 0 radical (unpaired) electrons. The molecule has 0 fully saturated rings. The maximum atomic E-state index is 11.5. The number of carbonyl (C=O) groups excluding carboxylic acids is 1. The molecule has 2 aromatic rings. The fourth-order valence-corrected chi connectivity index (χ4v) is 2.90. The molecule has 128 valence electrons. The summed E-state index contributed by atoms with van der Waals surface area (Å²) in [5.41, 5.74) is 3.58. The molecule has 0 bridgehead atoms. The molecule has 0 N–H and O–H groups in total. The normalized spacial score (nSPS) is 10.7. The number of halogens is 1. The van der Waals surface area contributed by atoms with Gasteiger partial charge in [0.25, 0.3) is 0 Å². The van der Waals surface area contributed by atoms with Crippen molar-refractivity contribution in [3.05, 3.63) is 57.6 Å². The third-order valence-electron chi connectivity index (χ3n) is 3.94. The molecule has 0 spiro atoms. The van der Waals surface area contributed by atoms with Gasteiger partial charge in [0, 0.05) is 18.4 Å². The first-order chi connectivity index (χ1) is 11.6. The van der Waals surface area contributed by atoms with Crippen molar-refractivity contribution in [2.24, 2.45) is 0 Å². The number of aromatic nitrogens is 2. The number of methoxy groups -OCH3 is 1. The van der Waals surface area contributed by atoms with Gasteiger partial charge in [0.05, 0.1) is 18.4 Å². The van der Waals surface area contributed by atoms with E-state index in [0.29, 0.717) is 17.1 Å². The van der Waals surface area contributed by atoms with Crippen LogP contribution in [0.5, 0.6) is 0 Å². The molecule has 0 saturated carbocycles. The van der Waals surface area contributed by atoms with Crippen LogP contribution in [0.2, 0.25) is 5.15 Å². The largest absolute Gasteiger partial charge is 0.465 e. The number of aryl methyl sites for hydroxylation is 1. The third kappa shape index (κ3) is 4.54. The van der Waals surface area contributed by atoms with Gasteiger partial charge in [-0.15, -0.1) is 0 Å².